The predicted molar refractivity (Wildman–Crippen MR) is 110 cm³/mol. The molecule has 1 saturated heterocycles. The Kier molecular flexibility index (Phi) is 6.01. The summed E-state index contributed by atoms with van der Waals surface area (Å²) in [5.41, 5.74) is 5.28. The first kappa shape index (κ1) is 20.3. The summed E-state index contributed by atoms with van der Waals surface area (Å²) in [5.74, 6) is 1.46. The Bertz CT molecular complexity index is 831. The SMILES string of the molecule is Cc1cc(C)nc(N2CCC(CC(=O)N(C)Cc3c(C)nn(C)c3C)CC2)n1. The van der Waals surface area contributed by atoms with Crippen molar-refractivity contribution in [3.05, 3.63) is 34.4 Å². The second-order valence-electron chi connectivity index (χ2n) is 8.11. The third kappa shape index (κ3) is 4.51. The Labute approximate surface area is 167 Å². The van der Waals surface area contributed by atoms with Gasteiger partial charge in [0, 0.05) is 62.8 Å². The highest BCUT2D eigenvalue weighted by atomic mass is 16.2. The van der Waals surface area contributed by atoms with Crippen LogP contribution in [0.5, 0.6) is 0 Å². The van der Waals surface area contributed by atoms with Gasteiger partial charge in [-0.15, -0.1) is 0 Å². The summed E-state index contributed by atoms with van der Waals surface area (Å²) in [6.45, 7) is 10.5. The Balaban J connectivity index is 1.53. The molecule has 3 rings (SSSR count). The molecule has 0 radical (unpaired) electrons. The zero-order chi connectivity index (χ0) is 20.4. The van der Waals surface area contributed by atoms with Crippen molar-refractivity contribution >= 4 is 11.9 Å². The van der Waals surface area contributed by atoms with Gasteiger partial charge in [-0.3, -0.25) is 9.48 Å². The molecule has 3 heterocycles. The number of anilines is 1. The zero-order valence-electron chi connectivity index (χ0n) is 18.0. The normalized spacial score (nSPS) is 15.1. The van der Waals surface area contributed by atoms with Crippen LogP contribution in [0, 0.1) is 33.6 Å². The number of nitrogens with zero attached hydrogens (tertiary/aromatic N) is 6. The van der Waals surface area contributed by atoms with Crippen LogP contribution in [0.25, 0.3) is 0 Å². The number of aryl methyl sites for hydroxylation is 4. The topological polar surface area (TPSA) is 67.2 Å². The molecule has 1 amide bonds. The molecule has 28 heavy (non-hydrogen) atoms. The van der Waals surface area contributed by atoms with Gasteiger partial charge in [0.1, 0.15) is 0 Å². The van der Waals surface area contributed by atoms with Gasteiger partial charge in [0.2, 0.25) is 11.9 Å². The van der Waals surface area contributed by atoms with Crippen molar-refractivity contribution < 1.29 is 4.79 Å². The minimum atomic E-state index is 0.212. The van der Waals surface area contributed by atoms with E-state index < -0.39 is 0 Å². The van der Waals surface area contributed by atoms with Gasteiger partial charge >= 0.3 is 0 Å². The summed E-state index contributed by atoms with van der Waals surface area (Å²) in [6.07, 6.45) is 2.61. The average molecular weight is 385 g/mol. The molecule has 1 aliphatic rings. The molecule has 1 fully saturated rings. The van der Waals surface area contributed by atoms with Crippen molar-refractivity contribution in [3.63, 3.8) is 0 Å². The van der Waals surface area contributed by atoms with Gasteiger partial charge < -0.3 is 9.80 Å². The van der Waals surface area contributed by atoms with Gasteiger partial charge in [0.15, 0.2) is 0 Å². The average Bonchev–Trinajstić information content (AvgIpc) is 2.87. The second kappa shape index (κ2) is 8.29. The van der Waals surface area contributed by atoms with Crippen LogP contribution in [0.4, 0.5) is 5.95 Å². The fourth-order valence-electron chi connectivity index (χ4n) is 3.96. The fourth-order valence-corrected chi connectivity index (χ4v) is 3.96. The molecule has 1 aliphatic heterocycles. The van der Waals surface area contributed by atoms with Crippen molar-refractivity contribution in [1.82, 2.24) is 24.6 Å². The highest BCUT2D eigenvalue weighted by molar-refractivity contribution is 5.76. The lowest BCUT2D eigenvalue weighted by atomic mass is 9.93. The van der Waals surface area contributed by atoms with Crippen LogP contribution in [0.3, 0.4) is 0 Å². The molecule has 0 unspecified atom stereocenters. The minimum absolute atomic E-state index is 0.212. The Morgan fingerprint density at radius 1 is 1.14 bits per heavy atom. The number of hydrogen-bond donors (Lipinski definition) is 0. The van der Waals surface area contributed by atoms with E-state index in [1.165, 1.54) is 0 Å². The second-order valence-corrected chi connectivity index (χ2v) is 8.11. The van der Waals surface area contributed by atoms with Crippen LogP contribution in [0.1, 0.15) is 47.6 Å². The standard InChI is InChI=1S/C21H32N6O/c1-14-11-15(2)23-21(22-14)27-9-7-18(8-10-27)12-20(28)25(5)13-19-16(3)24-26(6)17(19)4/h11,18H,7-10,12-13H2,1-6H3. The number of piperidine rings is 1. The van der Waals surface area contributed by atoms with E-state index in [1.807, 2.05) is 50.5 Å². The summed E-state index contributed by atoms with van der Waals surface area (Å²) in [7, 11) is 3.84. The quantitative estimate of drug-likeness (QED) is 0.793. The number of hydrogen-bond acceptors (Lipinski definition) is 5. The Hall–Kier alpha value is -2.44. The maximum atomic E-state index is 12.7. The molecule has 0 spiro atoms. The van der Waals surface area contributed by atoms with E-state index in [1.54, 1.807) is 0 Å². The number of rotatable bonds is 5. The third-order valence-corrected chi connectivity index (χ3v) is 5.81. The first-order chi connectivity index (χ1) is 13.2. The van der Waals surface area contributed by atoms with Crippen molar-refractivity contribution in [2.24, 2.45) is 13.0 Å². The maximum Gasteiger partial charge on any atom is 0.225 e. The van der Waals surface area contributed by atoms with Crippen LogP contribution >= 0.6 is 0 Å². The molecule has 0 aromatic carbocycles. The molecule has 0 N–H and O–H groups in total. The predicted octanol–water partition coefficient (Wildman–Crippen LogP) is 2.71. The number of carbonyl (C=O) groups excluding carboxylic acids is 1. The summed E-state index contributed by atoms with van der Waals surface area (Å²) >= 11 is 0. The summed E-state index contributed by atoms with van der Waals surface area (Å²) < 4.78 is 1.88. The van der Waals surface area contributed by atoms with Gasteiger partial charge in [-0.25, -0.2) is 9.97 Å². The number of carbonyl (C=O) groups is 1. The van der Waals surface area contributed by atoms with Gasteiger partial charge in [-0.05, 0) is 52.5 Å². The van der Waals surface area contributed by atoms with Gasteiger partial charge in [0.05, 0.1) is 5.69 Å². The van der Waals surface area contributed by atoms with Crippen LogP contribution in [0.2, 0.25) is 0 Å². The van der Waals surface area contributed by atoms with Crippen molar-refractivity contribution in [2.45, 2.75) is 53.5 Å². The lowest BCUT2D eigenvalue weighted by molar-refractivity contribution is -0.131. The van der Waals surface area contributed by atoms with Crippen LogP contribution < -0.4 is 4.90 Å². The van der Waals surface area contributed by atoms with E-state index in [-0.39, 0.29) is 5.91 Å². The van der Waals surface area contributed by atoms with Crippen molar-refractivity contribution in [2.75, 3.05) is 25.0 Å². The summed E-state index contributed by atoms with van der Waals surface area (Å²) in [4.78, 5) is 26.0. The summed E-state index contributed by atoms with van der Waals surface area (Å²) in [5, 5.41) is 4.45. The first-order valence-corrected chi connectivity index (χ1v) is 10.0. The smallest absolute Gasteiger partial charge is 0.225 e. The first-order valence-electron chi connectivity index (χ1n) is 10.0. The molecule has 152 valence electrons. The van der Waals surface area contributed by atoms with E-state index in [2.05, 4.69) is 26.9 Å². The van der Waals surface area contributed by atoms with Crippen LogP contribution in [-0.4, -0.2) is 50.7 Å². The molecule has 2 aromatic rings. The monoisotopic (exact) mass is 384 g/mol. The molecule has 7 heteroatoms. The van der Waals surface area contributed by atoms with Gasteiger partial charge in [0.25, 0.3) is 0 Å². The number of aromatic nitrogens is 4. The van der Waals surface area contributed by atoms with E-state index in [0.29, 0.717) is 18.9 Å². The molecular weight excluding hydrogens is 352 g/mol. The van der Waals surface area contributed by atoms with Gasteiger partial charge in [-0.1, -0.05) is 0 Å². The van der Waals surface area contributed by atoms with Crippen LogP contribution in [-0.2, 0) is 18.4 Å². The van der Waals surface area contributed by atoms with E-state index >= 15 is 0 Å². The van der Waals surface area contributed by atoms with Crippen molar-refractivity contribution in [1.29, 1.82) is 0 Å². The highest BCUT2D eigenvalue weighted by Crippen LogP contribution is 2.24. The lowest BCUT2D eigenvalue weighted by Gasteiger charge is -2.32. The lowest BCUT2D eigenvalue weighted by Crippen LogP contribution is -2.37. The summed E-state index contributed by atoms with van der Waals surface area (Å²) in [6, 6.07) is 2.00. The molecule has 0 saturated carbocycles. The molecule has 0 bridgehead atoms. The molecule has 2 aromatic heterocycles. The Morgan fingerprint density at radius 3 is 2.29 bits per heavy atom. The molecule has 0 aliphatic carbocycles. The van der Waals surface area contributed by atoms with Gasteiger partial charge in [-0.2, -0.15) is 5.10 Å². The fraction of sp³-hybridized carbons (Fsp3) is 0.619. The van der Waals surface area contributed by atoms with Crippen LogP contribution in [0.15, 0.2) is 6.07 Å². The number of amides is 1. The Morgan fingerprint density at radius 2 is 1.75 bits per heavy atom. The van der Waals surface area contributed by atoms with E-state index in [9.17, 15) is 4.79 Å². The zero-order valence-corrected chi connectivity index (χ0v) is 18.0. The van der Waals surface area contributed by atoms with Crippen molar-refractivity contribution in [3.8, 4) is 0 Å². The maximum absolute atomic E-state index is 12.7. The van der Waals surface area contributed by atoms with E-state index in [4.69, 9.17) is 0 Å². The largest absolute Gasteiger partial charge is 0.341 e. The minimum Gasteiger partial charge on any atom is -0.341 e. The molecular formula is C21H32N6O. The van der Waals surface area contributed by atoms with E-state index in [0.717, 1.165) is 60.2 Å². The highest BCUT2D eigenvalue weighted by Gasteiger charge is 2.25. The molecule has 7 nitrogen and oxygen atoms in total. The molecule has 0 atom stereocenters. The third-order valence-electron chi connectivity index (χ3n) is 5.81.